The number of aliphatic hydroxyl groups excluding tert-OH is 1. The van der Waals surface area contributed by atoms with Gasteiger partial charge in [0.15, 0.2) is 0 Å². The van der Waals surface area contributed by atoms with E-state index < -0.39 is 21.5 Å². The molecule has 0 bridgehead atoms. The normalized spacial score (nSPS) is 13.1. The minimum atomic E-state index is -4.79. The van der Waals surface area contributed by atoms with E-state index in [2.05, 4.69) is 11.7 Å². The van der Waals surface area contributed by atoms with Crippen molar-refractivity contribution in [2.75, 3.05) is 6.61 Å². The Morgan fingerprint density at radius 3 is 1.81 bits per heavy atom. The Kier molecular flexibility index (Phi) is 11.6. The highest BCUT2D eigenvalue weighted by molar-refractivity contribution is 7.87. The molecule has 21 heavy (non-hydrogen) atoms. The van der Waals surface area contributed by atoms with E-state index >= 15 is 0 Å². The zero-order valence-corrected chi connectivity index (χ0v) is 13.6. The highest BCUT2D eigenvalue weighted by Crippen LogP contribution is 2.10. The summed E-state index contributed by atoms with van der Waals surface area (Å²) in [5.41, 5.74) is -2.50. The molecule has 0 radical (unpaired) electrons. The number of ether oxygens (including phenoxy) is 1. The lowest BCUT2D eigenvalue weighted by Crippen LogP contribution is -2.31. The van der Waals surface area contributed by atoms with Crippen LogP contribution >= 0.6 is 0 Å². The largest absolute Gasteiger partial charge is 0.463 e. The lowest BCUT2D eigenvalue weighted by molar-refractivity contribution is -0.149. The number of carbonyl (C=O) groups excluding carboxylic acids is 1. The van der Waals surface area contributed by atoms with Gasteiger partial charge in [-0.25, -0.2) is 4.79 Å². The predicted molar refractivity (Wildman–Crippen MR) is 80.4 cm³/mol. The average molecular weight is 324 g/mol. The maximum absolute atomic E-state index is 11.0. The van der Waals surface area contributed by atoms with Crippen LogP contribution in [0.2, 0.25) is 0 Å². The molecule has 0 aromatic heterocycles. The summed E-state index contributed by atoms with van der Waals surface area (Å²) in [6.45, 7) is 2.25. The van der Waals surface area contributed by atoms with Gasteiger partial charge in [0.25, 0.3) is 5.44 Å². The second kappa shape index (κ2) is 11.9. The molecule has 1 atom stereocenters. The molecule has 0 aliphatic carbocycles. The summed E-state index contributed by atoms with van der Waals surface area (Å²) in [4.78, 5) is 11.0. The molecule has 0 saturated carbocycles. The molecule has 0 saturated heterocycles. The standard InChI is InChI=1S/C14H28O6S/c1-2-3-4-5-6-7-8-9-10-11-12-20-13(15)14(16)21(17,18)19/h14,16H,2-12H2,1H3,(H,17,18,19). The molecule has 6 nitrogen and oxygen atoms in total. The van der Waals surface area contributed by atoms with E-state index in [9.17, 15) is 13.2 Å². The Hall–Kier alpha value is -0.660. The number of hydrogen-bond donors (Lipinski definition) is 2. The van der Waals surface area contributed by atoms with E-state index in [1.807, 2.05) is 0 Å². The van der Waals surface area contributed by atoms with Crippen LogP contribution in [0.5, 0.6) is 0 Å². The molecule has 0 amide bonds. The quantitative estimate of drug-likeness (QED) is 0.307. The SMILES string of the molecule is CCCCCCCCCCCCOC(=O)C(O)S(=O)(=O)O. The Morgan fingerprint density at radius 2 is 1.38 bits per heavy atom. The first-order valence-electron chi connectivity index (χ1n) is 7.70. The van der Waals surface area contributed by atoms with Gasteiger partial charge in [-0.05, 0) is 6.42 Å². The van der Waals surface area contributed by atoms with E-state index in [4.69, 9.17) is 9.66 Å². The van der Waals surface area contributed by atoms with E-state index in [1.54, 1.807) is 0 Å². The molecule has 7 heteroatoms. The van der Waals surface area contributed by atoms with Crippen molar-refractivity contribution in [3.63, 3.8) is 0 Å². The van der Waals surface area contributed by atoms with Crippen LogP contribution in [-0.4, -0.2) is 36.1 Å². The minimum absolute atomic E-state index is 0.0575. The second-order valence-electron chi connectivity index (χ2n) is 5.22. The number of carbonyl (C=O) groups is 1. The van der Waals surface area contributed by atoms with Crippen LogP contribution in [0.15, 0.2) is 0 Å². The molecule has 0 heterocycles. The molecule has 0 aliphatic heterocycles. The van der Waals surface area contributed by atoms with Gasteiger partial charge in [0.05, 0.1) is 6.61 Å². The maximum Gasteiger partial charge on any atom is 0.353 e. The van der Waals surface area contributed by atoms with Crippen molar-refractivity contribution in [1.82, 2.24) is 0 Å². The fraction of sp³-hybridized carbons (Fsp3) is 0.929. The first-order valence-corrected chi connectivity index (χ1v) is 9.21. The minimum Gasteiger partial charge on any atom is -0.463 e. The van der Waals surface area contributed by atoms with Gasteiger partial charge < -0.3 is 9.84 Å². The van der Waals surface area contributed by atoms with Gasteiger partial charge in [-0.15, -0.1) is 0 Å². The van der Waals surface area contributed by atoms with Gasteiger partial charge in [0.1, 0.15) is 0 Å². The number of rotatable bonds is 13. The molecular formula is C14H28O6S. The van der Waals surface area contributed by atoms with Gasteiger partial charge in [-0.1, -0.05) is 64.7 Å². The molecule has 0 aromatic carbocycles. The number of esters is 1. The first-order chi connectivity index (χ1) is 9.89. The van der Waals surface area contributed by atoms with Gasteiger partial charge in [-0.2, -0.15) is 8.42 Å². The summed E-state index contributed by atoms with van der Waals surface area (Å²) < 4.78 is 34.0. The molecule has 0 rings (SSSR count). The monoisotopic (exact) mass is 324 g/mol. The van der Waals surface area contributed by atoms with E-state index in [-0.39, 0.29) is 6.61 Å². The van der Waals surface area contributed by atoms with E-state index in [0.717, 1.165) is 19.3 Å². The van der Waals surface area contributed by atoms with Crippen molar-refractivity contribution >= 4 is 16.1 Å². The van der Waals surface area contributed by atoms with Gasteiger partial charge in [0, 0.05) is 0 Å². The highest BCUT2D eigenvalue weighted by Gasteiger charge is 2.29. The number of hydrogen-bond acceptors (Lipinski definition) is 5. The maximum atomic E-state index is 11.0. The van der Waals surface area contributed by atoms with Crippen LogP contribution in [0.4, 0.5) is 0 Å². The lowest BCUT2D eigenvalue weighted by atomic mass is 10.1. The van der Waals surface area contributed by atoms with E-state index in [1.165, 1.54) is 38.5 Å². The average Bonchev–Trinajstić information content (AvgIpc) is 2.42. The van der Waals surface area contributed by atoms with Crippen molar-refractivity contribution in [2.24, 2.45) is 0 Å². The fourth-order valence-electron chi connectivity index (χ4n) is 1.96. The Bertz CT molecular complexity index is 366. The second-order valence-corrected chi connectivity index (χ2v) is 6.69. The molecule has 0 aromatic rings. The summed E-state index contributed by atoms with van der Waals surface area (Å²) in [6, 6.07) is 0. The van der Waals surface area contributed by atoms with Crippen molar-refractivity contribution in [2.45, 2.75) is 76.6 Å². The van der Waals surface area contributed by atoms with Crippen LogP contribution in [0.25, 0.3) is 0 Å². The summed E-state index contributed by atoms with van der Waals surface area (Å²) >= 11 is 0. The smallest absolute Gasteiger partial charge is 0.353 e. The van der Waals surface area contributed by atoms with Crippen molar-refractivity contribution in [3.8, 4) is 0 Å². The molecule has 2 N–H and O–H groups in total. The van der Waals surface area contributed by atoms with E-state index in [0.29, 0.717) is 6.42 Å². The summed E-state index contributed by atoms with van der Waals surface area (Å²) in [7, 11) is -4.79. The predicted octanol–water partition coefficient (Wildman–Crippen LogP) is 2.66. The van der Waals surface area contributed by atoms with Crippen molar-refractivity contribution < 1.29 is 27.6 Å². The van der Waals surface area contributed by atoms with Gasteiger partial charge in [-0.3, -0.25) is 4.55 Å². The van der Waals surface area contributed by atoms with Crippen LogP contribution in [0.3, 0.4) is 0 Å². The number of unbranched alkanes of at least 4 members (excludes halogenated alkanes) is 9. The van der Waals surface area contributed by atoms with Crippen molar-refractivity contribution in [3.05, 3.63) is 0 Å². The van der Waals surface area contributed by atoms with Crippen molar-refractivity contribution in [1.29, 1.82) is 0 Å². The van der Waals surface area contributed by atoms with Crippen LogP contribution < -0.4 is 0 Å². The summed E-state index contributed by atoms with van der Waals surface area (Å²) in [6.07, 6.45) is 11.3. The Labute approximate surface area is 127 Å². The fourth-order valence-corrected chi connectivity index (χ4v) is 2.27. The lowest BCUT2D eigenvalue weighted by Gasteiger charge is -2.08. The highest BCUT2D eigenvalue weighted by atomic mass is 32.2. The number of aliphatic hydroxyl groups is 1. The molecule has 0 spiro atoms. The Morgan fingerprint density at radius 1 is 0.952 bits per heavy atom. The third-order valence-electron chi connectivity index (χ3n) is 3.23. The third kappa shape index (κ3) is 11.7. The zero-order chi connectivity index (χ0) is 16.1. The topological polar surface area (TPSA) is 101 Å². The summed E-state index contributed by atoms with van der Waals surface area (Å²) in [5, 5.41) is 8.90. The molecule has 0 aliphatic rings. The van der Waals surface area contributed by atoms with Crippen LogP contribution in [0, 0.1) is 0 Å². The third-order valence-corrected chi connectivity index (χ3v) is 3.98. The molecular weight excluding hydrogens is 296 g/mol. The van der Waals surface area contributed by atoms with Crippen LogP contribution in [-0.2, 0) is 19.6 Å². The zero-order valence-electron chi connectivity index (χ0n) is 12.8. The van der Waals surface area contributed by atoms with Gasteiger partial charge >= 0.3 is 16.1 Å². The molecule has 0 fully saturated rings. The first kappa shape index (κ1) is 20.3. The van der Waals surface area contributed by atoms with Crippen LogP contribution in [0.1, 0.15) is 71.1 Å². The Balaban J connectivity index is 3.39. The van der Waals surface area contributed by atoms with Gasteiger partial charge in [0.2, 0.25) is 0 Å². The summed E-state index contributed by atoms with van der Waals surface area (Å²) in [5.74, 6) is -1.33. The molecule has 126 valence electrons. The molecule has 1 unspecified atom stereocenters.